The first kappa shape index (κ1) is 13.2. The van der Waals surface area contributed by atoms with E-state index < -0.39 is 5.54 Å². The Morgan fingerprint density at radius 2 is 1.72 bits per heavy atom. The van der Waals surface area contributed by atoms with Crippen molar-refractivity contribution >= 4 is 11.8 Å². The highest BCUT2D eigenvalue weighted by Crippen LogP contribution is 2.43. The molecule has 0 spiro atoms. The molecule has 2 amide bonds. The Balaban J connectivity index is 2.16. The molecule has 0 radical (unpaired) electrons. The second-order valence-corrected chi connectivity index (χ2v) is 6.30. The first-order valence-electron chi connectivity index (χ1n) is 6.19. The highest BCUT2D eigenvalue weighted by molar-refractivity contribution is 6.12. The van der Waals surface area contributed by atoms with Crippen LogP contribution in [0.4, 0.5) is 0 Å². The molecule has 1 unspecified atom stereocenters. The van der Waals surface area contributed by atoms with E-state index >= 15 is 0 Å². The predicted octanol–water partition coefficient (Wildman–Crippen LogP) is 1.18. The summed E-state index contributed by atoms with van der Waals surface area (Å²) in [4.78, 5) is 24.4. The maximum atomic E-state index is 11.6. The van der Waals surface area contributed by atoms with Gasteiger partial charge in [0.15, 0.2) is 0 Å². The second-order valence-electron chi connectivity index (χ2n) is 6.30. The molecule has 2 heterocycles. The third-order valence-corrected chi connectivity index (χ3v) is 4.17. The Morgan fingerprint density at radius 1 is 1.22 bits per heavy atom. The zero-order valence-electron chi connectivity index (χ0n) is 11.3. The van der Waals surface area contributed by atoms with Gasteiger partial charge in [0, 0.05) is 29.8 Å². The quantitative estimate of drug-likeness (QED) is 0.750. The smallest absolute Gasteiger partial charge is 0.253 e. The lowest BCUT2D eigenvalue weighted by Gasteiger charge is -2.36. The van der Waals surface area contributed by atoms with E-state index in [1.165, 1.54) is 22.1 Å². The summed E-state index contributed by atoms with van der Waals surface area (Å²) in [5, 5.41) is 11.5. The number of carbonyl (C=O) groups excluding carboxylic acids is 2. The van der Waals surface area contributed by atoms with Crippen LogP contribution in [0.3, 0.4) is 0 Å². The Kier molecular flexibility index (Phi) is 2.87. The van der Waals surface area contributed by atoms with Crippen LogP contribution in [0.15, 0.2) is 12.2 Å². The number of rotatable bonds is 2. The van der Waals surface area contributed by atoms with Gasteiger partial charge in [0.1, 0.15) is 0 Å². The van der Waals surface area contributed by atoms with Crippen LogP contribution in [-0.2, 0) is 9.59 Å². The molecule has 1 saturated heterocycles. The van der Waals surface area contributed by atoms with Crippen LogP contribution in [0.25, 0.3) is 0 Å². The van der Waals surface area contributed by atoms with Gasteiger partial charge in [-0.3, -0.25) is 14.5 Å². The summed E-state index contributed by atoms with van der Waals surface area (Å²) in [5.41, 5.74) is -0.792. The molecule has 0 aromatic heterocycles. The summed E-state index contributed by atoms with van der Waals surface area (Å²) >= 11 is 0. The first-order chi connectivity index (χ1) is 8.16. The Bertz CT molecular complexity index is 408. The second kappa shape index (κ2) is 3.90. The highest BCUT2D eigenvalue weighted by Gasteiger charge is 2.52. The van der Waals surface area contributed by atoms with Crippen molar-refractivity contribution < 1.29 is 14.8 Å². The van der Waals surface area contributed by atoms with Gasteiger partial charge in [0.05, 0.1) is 0 Å². The van der Waals surface area contributed by atoms with Gasteiger partial charge < -0.3 is 5.21 Å². The van der Waals surface area contributed by atoms with Crippen LogP contribution < -0.4 is 0 Å². The van der Waals surface area contributed by atoms with E-state index in [0.29, 0.717) is 6.54 Å². The summed E-state index contributed by atoms with van der Waals surface area (Å²) in [6.45, 7) is 8.15. The Morgan fingerprint density at radius 3 is 2.11 bits per heavy atom. The number of hydrogen-bond donors (Lipinski definition) is 1. The van der Waals surface area contributed by atoms with Crippen molar-refractivity contribution in [1.82, 2.24) is 9.96 Å². The number of imide groups is 1. The minimum absolute atomic E-state index is 0.0605. The molecule has 0 bridgehead atoms. The molecule has 1 N–H and O–H groups in total. The lowest BCUT2D eigenvalue weighted by molar-refractivity contribution is -0.197. The van der Waals surface area contributed by atoms with Gasteiger partial charge >= 0.3 is 0 Å². The average molecular weight is 252 g/mol. The summed E-state index contributed by atoms with van der Waals surface area (Å²) in [5.74, 6) is -0.458. The van der Waals surface area contributed by atoms with Crippen molar-refractivity contribution in [1.29, 1.82) is 0 Å². The van der Waals surface area contributed by atoms with Crippen molar-refractivity contribution in [2.24, 2.45) is 5.92 Å². The monoisotopic (exact) mass is 252 g/mol. The minimum Gasteiger partial charge on any atom is -0.313 e. The maximum absolute atomic E-state index is 11.6. The normalized spacial score (nSPS) is 30.5. The van der Waals surface area contributed by atoms with Crippen LogP contribution in [0.5, 0.6) is 0 Å². The summed E-state index contributed by atoms with van der Waals surface area (Å²) in [6.07, 6.45) is 3.34. The van der Waals surface area contributed by atoms with Crippen LogP contribution in [0.1, 0.15) is 34.1 Å². The van der Waals surface area contributed by atoms with Crippen LogP contribution in [-0.4, -0.2) is 44.6 Å². The number of nitrogens with zero attached hydrogens (tertiary/aromatic N) is 2. The molecule has 2 aliphatic heterocycles. The summed E-state index contributed by atoms with van der Waals surface area (Å²) in [7, 11) is 0. The first-order valence-corrected chi connectivity index (χ1v) is 6.19. The lowest BCUT2D eigenvalue weighted by atomic mass is 9.86. The molecule has 0 saturated carbocycles. The standard InChI is InChI=1S/C13H20N2O3/c1-12(2)7-9(13(3,4)15(12)18)8-14-10(16)5-6-11(14)17/h5-6,9,18H,7-8H2,1-4H3. The van der Waals surface area contributed by atoms with Crippen LogP contribution >= 0.6 is 0 Å². The van der Waals surface area contributed by atoms with E-state index in [-0.39, 0.29) is 23.3 Å². The topological polar surface area (TPSA) is 60.9 Å². The van der Waals surface area contributed by atoms with Crippen molar-refractivity contribution in [3.05, 3.63) is 12.2 Å². The van der Waals surface area contributed by atoms with Crippen molar-refractivity contribution in [3.63, 3.8) is 0 Å². The largest absolute Gasteiger partial charge is 0.313 e. The molecule has 0 aromatic rings. The maximum Gasteiger partial charge on any atom is 0.253 e. The Hall–Kier alpha value is -1.20. The molecule has 100 valence electrons. The van der Waals surface area contributed by atoms with E-state index in [1.807, 2.05) is 27.7 Å². The van der Waals surface area contributed by atoms with Gasteiger partial charge in [-0.25, -0.2) is 0 Å². The molecular weight excluding hydrogens is 232 g/mol. The number of carbonyl (C=O) groups is 2. The van der Waals surface area contributed by atoms with Crippen molar-refractivity contribution in [2.75, 3.05) is 6.54 Å². The summed E-state index contributed by atoms with van der Waals surface area (Å²) in [6, 6.07) is 0. The van der Waals surface area contributed by atoms with E-state index in [0.717, 1.165) is 6.42 Å². The molecule has 5 nitrogen and oxygen atoms in total. The molecule has 1 fully saturated rings. The molecule has 0 aromatic carbocycles. The number of hydroxylamine groups is 2. The number of hydrogen-bond acceptors (Lipinski definition) is 4. The van der Waals surface area contributed by atoms with E-state index in [9.17, 15) is 14.8 Å². The minimum atomic E-state index is -0.452. The molecule has 2 aliphatic rings. The molecule has 0 aliphatic carbocycles. The zero-order chi connectivity index (χ0) is 13.7. The van der Waals surface area contributed by atoms with Gasteiger partial charge in [0.2, 0.25) is 0 Å². The van der Waals surface area contributed by atoms with Gasteiger partial charge in [-0.2, -0.15) is 5.06 Å². The zero-order valence-corrected chi connectivity index (χ0v) is 11.3. The third-order valence-electron chi connectivity index (χ3n) is 4.17. The Labute approximate surface area is 107 Å². The summed E-state index contributed by atoms with van der Waals surface area (Å²) < 4.78 is 0. The molecule has 5 heteroatoms. The van der Waals surface area contributed by atoms with E-state index in [2.05, 4.69) is 0 Å². The van der Waals surface area contributed by atoms with Gasteiger partial charge in [-0.1, -0.05) is 0 Å². The fourth-order valence-corrected chi connectivity index (χ4v) is 3.01. The van der Waals surface area contributed by atoms with Crippen molar-refractivity contribution in [2.45, 2.75) is 45.2 Å². The fraction of sp³-hybridized carbons (Fsp3) is 0.692. The predicted molar refractivity (Wildman–Crippen MR) is 65.8 cm³/mol. The van der Waals surface area contributed by atoms with Gasteiger partial charge in [-0.05, 0) is 40.0 Å². The van der Waals surface area contributed by atoms with Crippen LogP contribution in [0.2, 0.25) is 0 Å². The number of amides is 2. The molecule has 18 heavy (non-hydrogen) atoms. The third kappa shape index (κ3) is 1.87. The molecule has 1 atom stereocenters. The van der Waals surface area contributed by atoms with Gasteiger partial charge in [-0.15, -0.1) is 0 Å². The highest BCUT2D eigenvalue weighted by atomic mass is 16.5. The fourth-order valence-electron chi connectivity index (χ4n) is 3.01. The van der Waals surface area contributed by atoms with Crippen LogP contribution in [0, 0.1) is 5.92 Å². The van der Waals surface area contributed by atoms with E-state index in [4.69, 9.17) is 0 Å². The lowest BCUT2D eigenvalue weighted by Crippen LogP contribution is -2.49. The van der Waals surface area contributed by atoms with E-state index in [1.54, 1.807) is 0 Å². The SMILES string of the molecule is CC1(C)CC(CN2C(=O)C=CC2=O)C(C)(C)N1O. The van der Waals surface area contributed by atoms with Crippen molar-refractivity contribution in [3.8, 4) is 0 Å². The molecular formula is C13H20N2O3. The average Bonchev–Trinajstić information content (AvgIpc) is 2.64. The van der Waals surface area contributed by atoms with Gasteiger partial charge in [0.25, 0.3) is 11.8 Å². The molecule has 2 rings (SSSR count).